The van der Waals surface area contributed by atoms with E-state index in [0.717, 1.165) is 78.2 Å². The van der Waals surface area contributed by atoms with Crippen LogP contribution in [0.3, 0.4) is 0 Å². The van der Waals surface area contributed by atoms with Crippen molar-refractivity contribution < 1.29 is 0 Å². The normalized spacial score (nSPS) is 16.8. The fourth-order valence-electron chi connectivity index (χ4n) is 7.08. The van der Waals surface area contributed by atoms with Crippen molar-refractivity contribution in [1.82, 2.24) is 15.3 Å². The monoisotopic (exact) mass is 616 g/mol. The van der Waals surface area contributed by atoms with E-state index in [2.05, 4.69) is 185 Å². The van der Waals surface area contributed by atoms with Crippen LogP contribution < -0.4 is 16.0 Å². The smallest absolute Gasteiger partial charge is 0.0737 e. The number of hydrogen-bond donors (Lipinski definition) is 3. The summed E-state index contributed by atoms with van der Waals surface area (Å²) in [5.41, 5.74) is 13.9. The van der Waals surface area contributed by atoms with E-state index in [-0.39, 0.29) is 6.04 Å². The fraction of sp³-hybridized carbons (Fsp3) is 0.0227. The van der Waals surface area contributed by atoms with Gasteiger partial charge in [0.25, 0.3) is 0 Å². The van der Waals surface area contributed by atoms with E-state index in [1.165, 1.54) is 5.57 Å². The molecule has 3 N–H and O–H groups in total. The van der Waals surface area contributed by atoms with Gasteiger partial charge >= 0.3 is 0 Å². The minimum atomic E-state index is -0.0507. The zero-order valence-corrected chi connectivity index (χ0v) is 26.2. The molecule has 0 radical (unpaired) electrons. The van der Waals surface area contributed by atoms with E-state index < -0.39 is 0 Å². The van der Waals surface area contributed by atoms with Crippen LogP contribution >= 0.6 is 0 Å². The number of aliphatic imine (C=N–C) groups is 1. The molecule has 0 amide bonds. The van der Waals surface area contributed by atoms with Gasteiger partial charge in [0.15, 0.2) is 0 Å². The molecule has 228 valence electrons. The number of aromatic amines is 2. The maximum absolute atomic E-state index is 5.36. The van der Waals surface area contributed by atoms with Gasteiger partial charge in [0, 0.05) is 50.1 Å². The summed E-state index contributed by atoms with van der Waals surface area (Å²) in [4.78, 5) is 13.0. The largest absolute Gasteiger partial charge is 0.374 e. The molecule has 4 nitrogen and oxygen atoms in total. The van der Waals surface area contributed by atoms with Gasteiger partial charge in [0.05, 0.1) is 17.5 Å². The minimum absolute atomic E-state index is 0.0507. The number of nitrogens with zero attached hydrogens (tertiary/aromatic N) is 1. The summed E-state index contributed by atoms with van der Waals surface area (Å²) < 4.78 is 0. The van der Waals surface area contributed by atoms with Crippen LogP contribution in [0, 0.1) is 0 Å². The number of nitrogens with one attached hydrogen (secondary N) is 3. The topological polar surface area (TPSA) is 56.0 Å². The van der Waals surface area contributed by atoms with Gasteiger partial charge in [0.1, 0.15) is 0 Å². The molecule has 6 aromatic rings. The molecule has 0 saturated carbocycles. The minimum Gasteiger partial charge on any atom is -0.374 e. The molecule has 4 heteroatoms. The van der Waals surface area contributed by atoms with Crippen LogP contribution in [-0.4, -0.2) is 21.7 Å². The molecule has 3 aliphatic heterocycles. The Labute approximate surface area is 279 Å². The predicted molar refractivity (Wildman–Crippen MR) is 196 cm³/mol. The summed E-state index contributed by atoms with van der Waals surface area (Å²) in [6.45, 7) is 0. The highest BCUT2D eigenvalue weighted by molar-refractivity contribution is 6.30. The zero-order chi connectivity index (χ0) is 31.9. The third-order valence-corrected chi connectivity index (χ3v) is 9.24. The van der Waals surface area contributed by atoms with Crippen LogP contribution in [0.2, 0.25) is 0 Å². The fourth-order valence-corrected chi connectivity index (χ4v) is 7.08. The molecule has 1 atom stereocenters. The molecule has 4 aromatic carbocycles. The van der Waals surface area contributed by atoms with Crippen molar-refractivity contribution in [2.75, 3.05) is 0 Å². The molecule has 5 heterocycles. The van der Waals surface area contributed by atoms with Gasteiger partial charge in [-0.3, -0.25) is 0 Å². The Balaban J connectivity index is 1.39. The Kier molecular flexibility index (Phi) is 6.83. The Morgan fingerprint density at radius 1 is 0.438 bits per heavy atom. The number of benzene rings is 4. The van der Waals surface area contributed by atoms with Crippen molar-refractivity contribution >= 4 is 28.0 Å². The van der Waals surface area contributed by atoms with Gasteiger partial charge in [-0.15, -0.1) is 0 Å². The number of fused-ring (bicyclic) bond motifs is 7. The number of rotatable bonds is 4. The Hall–Kier alpha value is -6.39. The standard InChI is InChI=1S/C44H32N4/c1-5-13-29(14-6-1)41-33-21-23-35(45-33)42(30-15-7-2-8-16-30)37-25-27-39(47-37)44(32-19-11-4-12-20-32)40-28-26-38(48-40)43(31-17-9-3-10-18-31)36-24-22-34(41)46-36/h1-28,33,45-47H. The Morgan fingerprint density at radius 2 is 0.979 bits per heavy atom. The molecule has 1 unspecified atom stereocenters. The maximum Gasteiger partial charge on any atom is 0.0737 e. The molecule has 3 aliphatic rings. The van der Waals surface area contributed by atoms with Gasteiger partial charge in [-0.1, -0.05) is 127 Å². The Morgan fingerprint density at radius 3 is 1.62 bits per heavy atom. The molecule has 0 saturated heterocycles. The SMILES string of the molecule is C1=CC2=C(c3ccccc3)c3ccc([nH]3)C(c3ccccc3)=C3C=CC(N3)C(c3ccccc3)=c3ccc([nH]3)=C(c3ccccc3)C1=N2. The van der Waals surface area contributed by atoms with Gasteiger partial charge in [0.2, 0.25) is 0 Å². The van der Waals surface area contributed by atoms with Gasteiger partial charge in [-0.05, 0) is 64.7 Å². The van der Waals surface area contributed by atoms with E-state index in [1.807, 2.05) is 0 Å². The van der Waals surface area contributed by atoms with Crippen molar-refractivity contribution in [2.24, 2.45) is 4.99 Å². The van der Waals surface area contributed by atoms with Crippen LogP contribution in [-0.2, 0) is 0 Å². The summed E-state index contributed by atoms with van der Waals surface area (Å²) in [6.07, 6.45) is 8.80. The molecule has 2 aromatic heterocycles. The molecule has 8 bridgehead atoms. The van der Waals surface area contributed by atoms with Crippen LogP contribution in [0.25, 0.3) is 22.3 Å². The lowest BCUT2D eigenvalue weighted by Crippen LogP contribution is -2.30. The highest BCUT2D eigenvalue weighted by Gasteiger charge is 2.25. The molecule has 9 rings (SSSR count). The molecular weight excluding hydrogens is 585 g/mol. The van der Waals surface area contributed by atoms with Crippen molar-refractivity contribution in [3.05, 3.63) is 226 Å². The number of allylic oxidation sites excluding steroid dienone is 3. The lowest BCUT2D eigenvalue weighted by atomic mass is 9.98. The van der Waals surface area contributed by atoms with E-state index in [9.17, 15) is 0 Å². The lowest BCUT2D eigenvalue weighted by molar-refractivity contribution is 0.855. The summed E-state index contributed by atoms with van der Waals surface area (Å²) in [5.74, 6) is 0. The number of aromatic nitrogens is 2. The molecule has 0 fully saturated rings. The summed E-state index contributed by atoms with van der Waals surface area (Å²) in [5, 5.41) is 6.00. The quantitative estimate of drug-likeness (QED) is 0.189. The third kappa shape index (κ3) is 4.91. The highest BCUT2D eigenvalue weighted by Crippen LogP contribution is 2.35. The van der Waals surface area contributed by atoms with Crippen LogP contribution in [0.15, 0.2) is 186 Å². The first-order chi connectivity index (χ1) is 23.8. The molecular formula is C44H32N4. The van der Waals surface area contributed by atoms with Crippen LogP contribution in [0.5, 0.6) is 0 Å². The van der Waals surface area contributed by atoms with Crippen LogP contribution in [0.4, 0.5) is 0 Å². The number of H-pyrrole nitrogens is 2. The Bertz CT molecular complexity index is 2440. The van der Waals surface area contributed by atoms with Crippen molar-refractivity contribution in [1.29, 1.82) is 0 Å². The summed E-state index contributed by atoms with van der Waals surface area (Å²) >= 11 is 0. The summed E-state index contributed by atoms with van der Waals surface area (Å²) in [6, 6.07) is 51.1. The van der Waals surface area contributed by atoms with E-state index >= 15 is 0 Å². The van der Waals surface area contributed by atoms with Gasteiger partial charge in [-0.25, -0.2) is 4.99 Å². The van der Waals surface area contributed by atoms with Gasteiger partial charge in [-0.2, -0.15) is 0 Å². The van der Waals surface area contributed by atoms with Crippen LogP contribution in [0.1, 0.15) is 33.6 Å². The average molecular weight is 617 g/mol. The predicted octanol–water partition coefficient (Wildman–Crippen LogP) is 7.51. The zero-order valence-electron chi connectivity index (χ0n) is 26.2. The second-order valence-electron chi connectivity index (χ2n) is 12.2. The second-order valence-corrected chi connectivity index (χ2v) is 12.2. The van der Waals surface area contributed by atoms with Gasteiger partial charge < -0.3 is 15.3 Å². The van der Waals surface area contributed by atoms with E-state index in [1.54, 1.807) is 0 Å². The summed E-state index contributed by atoms with van der Waals surface area (Å²) in [7, 11) is 0. The first kappa shape index (κ1) is 27.9. The second kappa shape index (κ2) is 11.8. The first-order valence-corrected chi connectivity index (χ1v) is 16.4. The van der Waals surface area contributed by atoms with Crippen molar-refractivity contribution in [3.8, 4) is 0 Å². The van der Waals surface area contributed by atoms with E-state index in [0.29, 0.717) is 0 Å². The molecule has 0 spiro atoms. The van der Waals surface area contributed by atoms with Crippen molar-refractivity contribution in [2.45, 2.75) is 6.04 Å². The third-order valence-electron chi connectivity index (χ3n) is 9.24. The maximum atomic E-state index is 5.36. The van der Waals surface area contributed by atoms with Crippen molar-refractivity contribution in [3.63, 3.8) is 0 Å². The highest BCUT2D eigenvalue weighted by atomic mass is 15.0. The lowest BCUT2D eigenvalue weighted by Gasteiger charge is -2.18. The number of hydrogen-bond acceptors (Lipinski definition) is 2. The molecule has 48 heavy (non-hydrogen) atoms. The van der Waals surface area contributed by atoms with E-state index in [4.69, 9.17) is 4.99 Å². The average Bonchev–Trinajstić information content (AvgIpc) is 3.98. The molecule has 0 aliphatic carbocycles. The first-order valence-electron chi connectivity index (χ1n) is 16.4.